The molecule has 0 spiro atoms. The molecule has 118 valence electrons. The van der Waals surface area contributed by atoms with Gasteiger partial charge in [0.1, 0.15) is 0 Å². The molecule has 1 aliphatic rings. The molecule has 3 N–H and O–H groups in total. The third-order valence-corrected chi connectivity index (χ3v) is 3.39. The Kier molecular flexibility index (Phi) is 4.95. The third kappa shape index (κ3) is 4.50. The van der Waals surface area contributed by atoms with Gasteiger partial charge in [0.25, 0.3) is 0 Å². The molecule has 0 aromatic heterocycles. The summed E-state index contributed by atoms with van der Waals surface area (Å²) in [5, 5.41) is 2.93. The van der Waals surface area contributed by atoms with Gasteiger partial charge in [-0.25, -0.2) is 0 Å². The molecule has 1 aromatic rings. The Balaban J connectivity index is 2.04. The summed E-state index contributed by atoms with van der Waals surface area (Å²) in [7, 11) is 0. The van der Waals surface area contributed by atoms with E-state index in [4.69, 9.17) is 10.5 Å². The maximum atomic E-state index is 13.0. The van der Waals surface area contributed by atoms with Crippen LogP contribution in [-0.4, -0.2) is 43.8 Å². The van der Waals surface area contributed by atoms with E-state index in [0.717, 1.165) is 19.2 Å². The molecule has 2 rings (SSSR count). The van der Waals surface area contributed by atoms with Gasteiger partial charge in [0.2, 0.25) is 0 Å². The lowest BCUT2D eigenvalue weighted by Gasteiger charge is -2.30. The Morgan fingerprint density at radius 3 is 2.62 bits per heavy atom. The van der Waals surface area contributed by atoms with Crippen LogP contribution in [0.2, 0.25) is 0 Å². The first-order valence-electron chi connectivity index (χ1n) is 6.89. The van der Waals surface area contributed by atoms with Gasteiger partial charge in [-0.3, -0.25) is 4.90 Å². The first-order valence-corrected chi connectivity index (χ1v) is 6.89. The normalized spacial score (nSPS) is 18.5. The fourth-order valence-electron chi connectivity index (χ4n) is 2.40. The lowest BCUT2D eigenvalue weighted by atomic mass is 10.1. The molecule has 1 atom stereocenters. The summed E-state index contributed by atoms with van der Waals surface area (Å²) < 4.78 is 44.3. The molecule has 21 heavy (non-hydrogen) atoms. The van der Waals surface area contributed by atoms with Crippen molar-refractivity contribution in [3.63, 3.8) is 0 Å². The lowest BCUT2D eigenvalue weighted by molar-refractivity contribution is -0.136. The number of rotatable bonds is 4. The molecule has 0 aliphatic carbocycles. The van der Waals surface area contributed by atoms with Crippen molar-refractivity contribution < 1.29 is 17.9 Å². The molecule has 1 heterocycles. The molecule has 1 saturated heterocycles. The van der Waals surface area contributed by atoms with Gasteiger partial charge >= 0.3 is 6.18 Å². The van der Waals surface area contributed by atoms with Gasteiger partial charge in [-0.15, -0.1) is 0 Å². The van der Waals surface area contributed by atoms with Crippen LogP contribution in [0, 0.1) is 0 Å². The van der Waals surface area contributed by atoms with Gasteiger partial charge in [-0.05, 0) is 25.1 Å². The van der Waals surface area contributed by atoms with E-state index in [9.17, 15) is 13.2 Å². The van der Waals surface area contributed by atoms with Crippen LogP contribution in [0.1, 0.15) is 12.5 Å². The first-order chi connectivity index (χ1) is 9.86. The SMILES string of the molecule is CC(CN1CCOCC1)Nc1ccc(N)cc1C(F)(F)F. The van der Waals surface area contributed by atoms with Gasteiger partial charge in [-0.2, -0.15) is 13.2 Å². The smallest absolute Gasteiger partial charge is 0.399 e. The summed E-state index contributed by atoms with van der Waals surface area (Å²) in [5.41, 5.74) is 4.90. The average Bonchev–Trinajstić information content (AvgIpc) is 2.40. The fourth-order valence-corrected chi connectivity index (χ4v) is 2.40. The monoisotopic (exact) mass is 303 g/mol. The van der Waals surface area contributed by atoms with Crippen LogP contribution in [-0.2, 0) is 10.9 Å². The Morgan fingerprint density at radius 2 is 2.00 bits per heavy atom. The van der Waals surface area contributed by atoms with Gasteiger partial charge in [0.05, 0.1) is 18.8 Å². The number of nitrogens with one attached hydrogen (secondary N) is 1. The zero-order valence-corrected chi connectivity index (χ0v) is 11.9. The zero-order valence-electron chi connectivity index (χ0n) is 11.9. The number of hydrogen-bond acceptors (Lipinski definition) is 4. The minimum atomic E-state index is -4.42. The number of halogens is 3. The number of alkyl halides is 3. The van der Waals surface area contributed by atoms with E-state index in [-0.39, 0.29) is 17.4 Å². The van der Waals surface area contributed by atoms with Gasteiger partial charge in [0.15, 0.2) is 0 Å². The van der Waals surface area contributed by atoms with Crippen LogP contribution in [0.4, 0.5) is 24.5 Å². The average molecular weight is 303 g/mol. The number of anilines is 2. The van der Waals surface area contributed by atoms with Gasteiger partial charge in [0, 0.05) is 37.1 Å². The van der Waals surface area contributed by atoms with E-state index in [1.807, 2.05) is 6.92 Å². The number of morpholine rings is 1. The highest BCUT2D eigenvalue weighted by Crippen LogP contribution is 2.36. The van der Waals surface area contributed by atoms with Crippen molar-refractivity contribution in [1.29, 1.82) is 0 Å². The van der Waals surface area contributed by atoms with Crippen molar-refractivity contribution in [2.75, 3.05) is 43.9 Å². The number of nitrogens with zero attached hydrogens (tertiary/aromatic N) is 1. The third-order valence-electron chi connectivity index (χ3n) is 3.39. The standard InChI is InChI=1S/C14H20F3N3O/c1-10(9-20-4-6-21-7-5-20)19-13-3-2-11(18)8-12(13)14(15,16)17/h2-3,8,10,19H,4-7,9,18H2,1H3. The largest absolute Gasteiger partial charge is 0.418 e. The van der Waals surface area contributed by atoms with Crippen molar-refractivity contribution in [3.05, 3.63) is 23.8 Å². The molecular formula is C14H20F3N3O. The zero-order chi connectivity index (χ0) is 15.5. The summed E-state index contributed by atoms with van der Waals surface area (Å²) in [5.74, 6) is 0. The number of nitrogens with two attached hydrogens (primary N) is 1. The molecular weight excluding hydrogens is 283 g/mol. The predicted octanol–water partition coefficient (Wildman–Crippen LogP) is 2.42. The van der Waals surface area contributed by atoms with Crippen LogP contribution in [0.5, 0.6) is 0 Å². The predicted molar refractivity (Wildman–Crippen MR) is 76.2 cm³/mol. The summed E-state index contributed by atoms with van der Waals surface area (Å²) in [4.78, 5) is 2.17. The summed E-state index contributed by atoms with van der Waals surface area (Å²) >= 11 is 0. The molecule has 1 aromatic carbocycles. The van der Waals surface area contributed by atoms with Crippen molar-refractivity contribution in [1.82, 2.24) is 4.90 Å². The van der Waals surface area contributed by atoms with E-state index in [2.05, 4.69) is 10.2 Å². The molecule has 7 heteroatoms. The van der Waals surface area contributed by atoms with Crippen LogP contribution >= 0.6 is 0 Å². The molecule has 4 nitrogen and oxygen atoms in total. The van der Waals surface area contributed by atoms with Gasteiger partial charge in [-0.1, -0.05) is 0 Å². The molecule has 1 fully saturated rings. The summed E-state index contributed by atoms with van der Waals surface area (Å²) in [6.45, 7) is 5.49. The van der Waals surface area contributed by atoms with E-state index < -0.39 is 11.7 Å². The van der Waals surface area contributed by atoms with Crippen LogP contribution in [0.3, 0.4) is 0 Å². The second-order valence-electron chi connectivity index (χ2n) is 5.26. The summed E-state index contributed by atoms with van der Waals surface area (Å²) in [6.07, 6.45) is -4.42. The fraction of sp³-hybridized carbons (Fsp3) is 0.571. The minimum absolute atomic E-state index is 0.0671. The Labute approximate surface area is 122 Å². The lowest BCUT2D eigenvalue weighted by Crippen LogP contribution is -2.42. The minimum Gasteiger partial charge on any atom is -0.399 e. The van der Waals surface area contributed by atoms with Gasteiger partial charge < -0.3 is 15.8 Å². The second kappa shape index (κ2) is 6.53. The van der Waals surface area contributed by atoms with Crippen molar-refractivity contribution in [2.24, 2.45) is 0 Å². The Hall–Kier alpha value is -1.47. The Bertz CT molecular complexity index is 473. The molecule has 0 bridgehead atoms. The summed E-state index contributed by atoms with van der Waals surface area (Å²) in [6, 6.07) is 3.71. The molecule has 0 amide bonds. The molecule has 1 aliphatic heterocycles. The Morgan fingerprint density at radius 1 is 1.33 bits per heavy atom. The topological polar surface area (TPSA) is 50.5 Å². The highest BCUT2D eigenvalue weighted by atomic mass is 19.4. The first kappa shape index (κ1) is 15.9. The highest BCUT2D eigenvalue weighted by molar-refractivity contribution is 5.59. The number of hydrogen-bond donors (Lipinski definition) is 2. The van der Waals surface area contributed by atoms with Crippen molar-refractivity contribution in [3.8, 4) is 0 Å². The van der Waals surface area contributed by atoms with E-state index in [0.29, 0.717) is 19.8 Å². The van der Waals surface area contributed by atoms with Crippen molar-refractivity contribution in [2.45, 2.75) is 19.1 Å². The van der Waals surface area contributed by atoms with E-state index in [1.165, 1.54) is 12.1 Å². The maximum Gasteiger partial charge on any atom is 0.418 e. The molecule has 0 saturated carbocycles. The maximum absolute atomic E-state index is 13.0. The number of ether oxygens (including phenoxy) is 1. The quantitative estimate of drug-likeness (QED) is 0.839. The highest BCUT2D eigenvalue weighted by Gasteiger charge is 2.34. The van der Waals surface area contributed by atoms with Crippen molar-refractivity contribution >= 4 is 11.4 Å². The number of benzene rings is 1. The molecule has 1 unspecified atom stereocenters. The van der Waals surface area contributed by atoms with E-state index >= 15 is 0 Å². The molecule has 0 radical (unpaired) electrons. The van der Waals surface area contributed by atoms with E-state index in [1.54, 1.807) is 0 Å². The van der Waals surface area contributed by atoms with Crippen LogP contribution in [0.25, 0.3) is 0 Å². The van der Waals surface area contributed by atoms with Crippen LogP contribution < -0.4 is 11.1 Å². The number of nitrogen functional groups attached to an aromatic ring is 1. The second-order valence-corrected chi connectivity index (χ2v) is 5.26. The van der Waals surface area contributed by atoms with Crippen LogP contribution in [0.15, 0.2) is 18.2 Å².